The third-order valence-electron chi connectivity index (χ3n) is 3.22. The van der Waals surface area contributed by atoms with E-state index in [0.29, 0.717) is 6.42 Å². The Bertz CT molecular complexity index is 454. The van der Waals surface area contributed by atoms with Crippen molar-refractivity contribution in [2.75, 3.05) is 19.7 Å². The summed E-state index contributed by atoms with van der Waals surface area (Å²) in [6.07, 6.45) is 0.572. The fourth-order valence-corrected chi connectivity index (χ4v) is 2.11. The van der Waals surface area contributed by atoms with E-state index >= 15 is 0 Å². The second-order valence-corrected chi connectivity index (χ2v) is 4.82. The second-order valence-electron chi connectivity index (χ2n) is 4.82. The van der Waals surface area contributed by atoms with Gasteiger partial charge in [-0.2, -0.15) is 0 Å². The fraction of sp³-hybridized carbons (Fsp3) is 0.429. The summed E-state index contributed by atoms with van der Waals surface area (Å²) in [7, 11) is 0. The minimum atomic E-state index is -0.447. The molecule has 4 N–H and O–H groups in total. The number of hydrogen-bond donors (Lipinski definition) is 4. The predicted octanol–water partition coefficient (Wildman–Crippen LogP) is -1.21. The summed E-state index contributed by atoms with van der Waals surface area (Å²) >= 11 is 0. The molecule has 0 radical (unpaired) electrons. The van der Waals surface area contributed by atoms with Crippen LogP contribution in [0.4, 0.5) is 0 Å². The van der Waals surface area contributed by atoms with Crippen LogP contribution in [0.5, 0.6) is 0 Å². The number of carbonyl (C=O) groups excluding carboxylic acids is 2. The van der Waals surface area contributed by atoms with Crippen molar-refractivity contribution in [2.24, 2.45) is 0 Å². The van der Waals surface area contributed by atoms with Crippen molar-refractivity contribution in [1.82, 2.24) is 16.0 Å². The minimum Gasteiger partial charge on any atom is -0.394 e. The number of rotatable bonds is 5. The third kappa shape index (κ3) is 4.04. The molecule has 0 aliphatic carbocycles. The van der Waals surface area contributed by atoms with Crippen LogP contribution in [-0.2, 0) is 16.0 Å². The van der Waals surface area contributed by atoms with E-state index in [0.717, 1.165) is 5.56 Å². The lowest BCUT2D eigenvalue weighted by atomic mass is 10.1. The van der Waals surface area contributed by atoms with Crippen molar-refractivity contribution in [3.05, 3.63) is 35.9 Å². The summed E-state index contributed by atoms with van der Waals surface area (Å²) < 4.78 is 0. The molecule has 0 aromatic heterocycles. The van der Waals surface area contributed by atoms with Gasteiger partial charge in [-0.15, -0.1) is 0 Å². The summed E-state index contributed by atoms with van der Waals surface area (Å²) in [6.45, 7) is 0.286. The molecule has 0 spiro atoms. The van der Waals surface area contributed by atoms with Crippen molar-refractivity contribution < 1.29 is 14.7 Å². The van der Waals surface area contributed by atoms with Gasteiger partial charge in [0.1, 0.15) is 6.04 Å². The SMILES string of the molecule is O=C1CNC(C(=O)N[C@@H](CO)Cc2ccccc2)CN1. The Morgan fingerprint density at radius 3 is 2.75 bits per heavy atom. The van der Waals surface area contributed by atoms with Gasteiger partial charge in [0, 0.05) is 6.54 Å². The van der Waals surface area contributed by atoms with Crippen molar-refractivity contribution in [1.29, 1.82) is 0 Å². The van der Waals surface area contributed by atoms with Gasteiger partial charge in [0.25, 0.3) is 0 Å². The van der Waals surface area contributed by atoms with Gasteiger partial charge in [0.05, 0.1) is 19.2 Å². The molecule has 1 aromatic rings. The predicted molar refractivity (Wildman–Crippen MR) is 74.0 cm³/mol. The monoisotopic (exact) mass is 277 g/mol. The lowest BCUT2D eigenvalue weighted by molar-refractivity contribution is -0.127. The summed E-state index contributed by atoms with van der Waals surface area (Å²) in [5.41, 5.74) is 1.05. The molecule has 6 heteroatoms. The van der Waals surface area contributed by atoms with Crippen LogP contribution < -0.4 is 16.0 Å². The Hall–Kier alpha value is -1.92. The number of carbonyl (C=O) groups is 2. The van der Waals surface area contributed by atoms with Crippen LogP contribution in [0.25, 0.3) is 0 Å². The zero-order valence-corrected chi connectivity index (χ0v) is 11.1. The van der Waals surface area contributed by atoms with Crippen LogP contribution in [0.1, 0.15) is 5.56 Å². The number of piperazine rings is 1. The van der Waals surface area contributed by atoms with Crippen molar-refractivity contribution in [2.45, 2.75) is 18.5 Å². The smallest absolute Gasteiger partial charge is 0.239 e. The molecule has 1 fully saturated rings. The average molecular weight is 277 g/mol. The molecule has 2 amide bonds. The lowest BCUT2D eigenvalue weighted by Gasteiger charge is -2.25. The molecule has 2 rings (SSSR count). The van der Waals surface area contributed by atoms with Crippen LogP contribution in [0, 0.1) is 0 Å². The van der Waals surface area contributed by atoms with Gasteiger partial charge in [0.2, 0.25) is 11.8 Å². The number of aliphatic hydroxyl groups is 1. The maximum absolute atomic E-state index is 12.0. The Labute approximate surface area is 117 Å². The first kappa shape index (κ1) is 14.5. The highest BCUT2D eigenvalue weighted by atomic mass is 16.3. The molecule has 0 bridgehead atoms. The number of nitrogens with one attached hydrogen (secondary N) is 3. The molecule has 1 heterocycles. The molecule has 108 valence electrons. The van der Waals surface area contributed by atoms with Crippen LogP contribution in [0.2, 0.25) is 0 Å². The van der Waals surface area contributed by atoms with Gasteiger partial charge in [-0.1, -0.05) is 30.3 Å². The molecule has 1 aliphatic rings. The van der Waals surface area contributed by atoms with Gasteiger partial charge in [-0.25, -0.2) is 0 Å². The first-order valence-electron chi connectivity index (χ1n) is 6.64. The first-order chi connectivity index (χ1) is 9.69. The van der Waals surface area contributed by atoms with E-state index in [1.54, 1.807) is 0 Å². The topological polar surface area (TPSA) is 90.5 Å². The minimum absolute atomic E-state index is 0.114. The molecule has 1 aliphatic heterocycles. The summed E-state index contributed by atoms with van der Waals surface area (Å²) in [5.74, 6) is -0.322. The van der Waals surface area contributed by atoms with Crippen LogP contribution >= 0.6 is 0 Å². The molecule has 6 nitrogen and oxygen atoms in total. The Balaban J connectivity index is 1.86. The Kier molecular flexibility index (Phi) is 5.09. The van der Waals surface area contributed by atoms with Gasteiger partial charge < -0.3 is 15.7 Å². The molecule has 1 aromatic carbocycles. The lowest BCUT2D eigenvalue weighted by Crippen LogP contribution is -2.59. The van der Waals surface area contributed by atoms with E-state index in [4.69, 9.17) is 0 Å². The van der Waals surface area contributed by atoms with Crippen LogP contribution in [-0.4, -0.2) is 48.7 Å². The normalized spacial score (nSPS) is 20.1. The average Bonchev–Trinajstić information content (AvgIpc) is 2.48. The molecule has 1 unspecified atom stereocenters. The largest absolute Gasteiger partial charge is 0.394 e. The standard InChI is InChI=1S/C14H19N3O3/c18-9-11(6-10-4-2-1-3-5-10)17-14(20)12-7-16-13(19)8-15-12/h1-5,11-12,15,18H,6-9H2,(H,16,19)(H,17,20)/t11-,12?/m1/s1. The van der Waals surface area contributed by atoms with Gasteiger partial charge in [0.15, 0.2) is 0 Å². The van der Waals surface area contributed by atoms with E-state index in [-0.39, 0.29) is 37.6 Å². The van der Waals surface area contributed by atoms with E-state index in [2.05, 4.69) is 16.0 Å². The zero-order valence-electron chi connectivity index (χ0n) is 11.1. The molecule has 20 heavy (non-hydrogen) atoms. The van der Waals surface area contributed by atoms with Crippen LogP contribution in [0.3, 0.4) is 0 Å². The number of aliphatic hydroxyl groups excluding tert-OH is 1. The maximum atomic E-state index is 12.0. The Morgan fingerprint density at radius 2 is 2.15 bits per heavy atom. The fourth-order valence-electron chi connectivity index (χ4n) is 2.11. The van der Waals surface area contributed by atoms with E-state index < -0.39 is 6.04 Å². The summed E-state index contributed by atoms with van der Waals surface area (Å²) in [6, 6.07) is 8.89. The van der Waals surface area contributed by atoms with Crippen molar-refractivity contribution in [3.8, 4) is 0 Å². The maximum Gasteiger partial charge on any atom is 0.239 e. The molecular formula is C14H19N3O3. The van der Waals surface area contributed by atoms with E-state index in [1.165, 1.54) is 0 Å². The Morgan fingerprint density at radius 1 is 1.40 bits per heavy atom. The summed E-state index contributed by atoms with van der Waals surface area (Å²) in [4.78, 5) is 23.0. The first-order valence-corrected chi connectivity index (χ1v) is 6.64. The third-order valence-corrected chi connectivity index (χ3v) is 3.22. The molecule has 2 atom stereocenters. The van der Waals surface area contributed by atoms with E-state index in [1.807, 2.05) is 30.3 Å². The van der Waals surface area contributed by atoms with Gasteiger partial charge in [-0.05, 0) is 12.0 Å². The van der Waals surface area contributed by atoms with Crippen LogP contribution in [0.15, 0.2) is 30.3 Å². The number of benzene rings is 1. The molecule has 0 saturated carbocycles. The van der Waals surface area contributed by atoms with Crippen molar-refractivity contribution in [3.63, 3.8) is 0 Å². The zero-order chi connectivity index (χ0) is 14.4. The molecule has 1 saturated heterocycles. The highest BCUT2D eigenvalue weighted by Crippen LogP contribution is 2.03. The quantitative estimate of drug-likeness (QED) is 0.544. The number of hydrogen-bond acceptors (Lipinski definition) is 4. The van der Waals surface area contributed by atoms with E-state index in [9.17, 15) is 14.7 Å². The summed E-state index contributed by atoms with van der Waals surface area (Å²) in [5, 5.41) is 17.7. The van der Waals surface area contributed by atoms with Gasteiger partial charge >= 0.3 is 0 Å². The molecular weight excluding hydrogens is 258 g/mol. The highest BCUT2D eigenvalue weighted by Gasteiger charge is 2.25. The van der Waals surface area contributed by atoms with Crippen molar-refractivity contribution >= 4 is 11.8 Å². The second kappa shape index (κ2) is 7.02. The van der Waals surface area contributed by atoms with Gasteiger partial charge in [-0.3, -0.25) is 14.9 Å². The highest BCUT2D eigenvalue weighted by molar-refractivity contribution is 5.86. The number of amides is 2.